The molecule has 1 heterocycles. The fourth-order valence-electron chi connectivity index (χ4n) is 1.24. The van der Waals surface area contributed by atoms with E-state index in [4.69, 9.17) is 11.6 Å². The fourth-order valence-corrected chi connectivity index (χ4v) is 1.59. The number of thiol groups is 1. The Bertz CT molecular complexity index is 408. The van der Waals surface area contributed by atoms with Crippen molar-refractivity contribution in [2.24, 2.45) is 0 Å². The molecular formula is C9H8ClNS. The van der Waals surface area contributed by atoms with Crippen molar-refractivity contribution in [2.45, 2.75) is 5.75 Å². The van der Waals surface area contributed by atoms with Crippen molar-refractivity contribution in [1.29, 1.82) is 0 Å². The van der Waals surface area contributed by atoms with Crippen LogP contribution in [0.3, 0.4) is 0 Å². The summed E-state index contributed by atoms with van der Waals surface area (Å²) in [5.41, 5.74) is 2.20. The summed E-state index contributed by atoms with van der Waals surface area (Å²) in [5.74, 6) is 0.728. The molecule has 12 heavy (non-hydrogen) atoms. The smallest absolute Gasteiger partial charge is 0.0471 e. The number of rotatable bonds is 1. The fraction of sp³-hybridized carbons (Fsp3) is 0.111. The van der Waals surface area contributed by atoms with E-state index in [2.05, 4.69) is 23.7 Å². The summed E-state index contributed by atoms with van der Waals surface area (Å²) in [6, 6.07) is 7.89. The van der Waals surface area contributed by atoms with Crippen LogP contribution in [0.25, 0.3) is 10.9 Å². The van der Waals surface area contributed by atoms with Gasteiger partial charge in [0.15, 0.2) is 0 Å². The number of hydrogen-bond acceptors (Lipinski definition) is 1. The first-order valence-corrected chi connectivity index (χ1v) is 4.68. The summed E-state index contributed by atoms with van der Waals surface area (Å²) in [6.45, 7) is 0. The second kappa shape index (κ2) is 3.04. The van der Waals surface area contributed by atoms with Gasteiger partial charge in [0.25, 0.3) is 0 Å². The summed E-state index contributed by atoms with van der Waals surface area (Å²) in [7, 11) is 0. The van der Waals surface area contributed by atoms with Gasteiger partial charge in [0, 0.05) is 22.0 Å². The van der Waals surface area contributed by atoms with Crippen LogP contribution in [0.5, 0.6) is 0 Å². The summed E-state index contributed by atoms with van der Waals surface area (Å²) >= 11 is 10.0. The third kappa shape index (κ3) is 1.32. The molecule has 0 bridgehead atoms. The molecule has 1 aromatic heterocycles. The van der Waals surface area contributed by atoms with Crippen molar-refractivity contribution >= 4 is 35.1 Å². The second-order valence-electron chi connectivity index (χ2n) is 2.68. The van der Waals surface area contributed by atoms with Crippen LogP contribution in [0.4, 0.5) is 0 Å². The number of aromatic nitrogens is 1. The van der Waals surface area contributed by atoms with Gasteiger partial charge in [-0.15, -0.1) is 0 Å². The molecular weight excluding hydrogens is 190 g/mol. The molecule has 0 aliphatic carbocycles. The molecule has 0 atom stereocenters. The zero-order valence-corrected chi connectivity index (χ0v) is 7.99. The third-order valence-electron chi connectivity index (χ3n) is 1.81. The highest BCUT2D eigenvalue weighted by Crippen LogP contribution is 2.20. The maximum absolute atomic E-state index is 5.83. The van der Waals surface area contributed by atoms with Gasteiger partial charge < -0.3 is 4.98 Å². The Morgan fingerprint density at radius 2 is 2.17 bits per heavy atom. The third-order valence-corrected chi connectivity index (χ3v) is 2.39. The Labute approximate surface area is 81.1 Å². The van der Waals surface area contributed by atoms with Crippen LogP contribution < -0.4 is 0 Å². The number of hydrogen-bond donors (Lipinski definition) is 2. The molecule has 0 saturated carbocycles. The lowest BCUT2D eigenvalue weighted by atomic mass is 10.2. The van der Waals surface area contributed by atoms with E-state index in [0.717, 1.165) is 22.0 Å². The quantitative estimate of drug-likeness (QED) is 0.653. The lowest BCUT2D eigenvalue weighted by Gasteiger charge is -1.89. The molecule has 0 spiro atoms. The van der Waals surface area contributed by atoms with Gasteiger partial charge in [0.05, 0.1) is 0 Å². The normalized spacial score (nSPS) is 10.8. The molecule has 0 aliphatic rings. The van der Waals surface area contributed by atoms with Crippen LogP contribution in [0.15, 0.2) is 24.3 Å². The SMILES string of the molecule is SCc1cc2ccc(Cl)cc2[nH]1. The van der Waals surface area contributed by atoms with E-state index in [9.17, 15) is 0 Å². The number of H-pyrrole nitrogens is 1. The van der Waals surface area contributed by atoms with Gasteiger partial charge in [0.2, 0.25) is 0 Å². The molecule has 62 valence electrons. The lowest BCUT2D eigenvalue weighted by molar-refractivity contribution is 1.27. The number of aromatic amines is 1. The Morgan fingerprint density at radius 3 is 2.92 bits per heavy atom. The topological polar surface area (TPSA) is 15.8 Å². The van der Waals surface area contributed by atoms with Crippen LogP contribution in [0.1, 0.15) is 5.69 Å². The Hall–Kier alpha value is -0.600. The van der Waals surface area contributed by atoms with E-state index in [-0.39, 0.29) is 0 Å². The lowest BCUT2D eigenvalue weighted by Crippen LogP contribution is -1.72. The average Bonchev–Trinajstić information content (AvgIpc) is 2.46. The van der Waals surface area contributed by atoms with Gasteiger partial charge in [0.1, 0.15) is 0 Å². The molecule has 1 nitrogen and oxygen atoms in total. The van der Waals surface area contributed by atoms with Gasteiger partial charge in [-0.3, -0.25) is 0 Å². The largest absolute Gasteiger partial charge is 0.358 e. The average molecular weight is 198 g/mol. The predicted molar refractivity (Wildman–Crippen MR) is 56.0 cm³/mol. The second-order valence-corrected chi connectivity index (χ2v) is 3.44. The van der Waals surface area contributed by atoms with E-state index < -0.39 is 0 Å². The molecule has 0 fully saturated rings. The predicted octanol–water partition coefficient (Wildman–Crippen LogP) is 3.25. The van der Waals surface area contributed by atoms with Gasteiger partial charge in [-0.05, 0) is 23.6 Å². The Kier molecular flexibility index (Phi) is 2.03. The molecule has 0 aliphatic heterocycles. The van der Waals surface area contributed by atoms with E-state index in [0.29, 0.717) is 0 Å². The van der Waals surface area contributed by atoms with Crippen LogP contribution in [0, 0.1) is 0 Å². The monoisotopic (exact) mass is 197 g/mol. The molecule has 0 radical (unpaired) electrons. The number of nitrogens with one attached hydrogen (secondary N) is 1. The molecule has 1 N–H and O–H groups in total. The van der Waals surface area contributed by atoms with Gasteiger partial charge in [-0.25, -0.2) is 0 Å². The molecule has 1 aromatic carbocycles. The van der Waals surface area contributed by atoms with Crippen LogP contribution in [0.2, 0.25) is 5.02 Å². The zero-order chi connectivity index (χ0) is 8.55. The van der Waals surface area contributed by atoms with E-state index >= 15 is 0 Å². The molecule has 0 amide bonds. The van der Waals surface area contributed by atoms with E-state index in [1.807, 2.05) is 18.2 Å². The van der Waals surface area contributed by atoms with Crippen molar-refractivity contribution in [3.63, 3.8) is 0 Å². The van der Waals surface area contributed by atoms with Crippen molar-refractivity contribution < 1.29 is 0 Å². The maximum Gasteiger partial charge on any atom is 0.0471 e. The first-order chi connectivity index (χ1) is 5.79. The molecule has 0 unspecified atom stereocenters. The van der Waals surface area contributed by atoms with Crippen LogP contribution >= 0.6 is 24.2 Å². The summed E-state index contributed by atoms with van der Waals surface area (Å²) < 4.78 is 0. The van der Waals surface area contributed by atoms with Crippen LogP contribution in [-0.4, -0.2) is 4.98 Å². The van der Waals surface area contributed by atoms with E-state index in [1.54, 1.807) is 0 Å². The highest BCUT2D eigenvalue weighted by molar-refractivity contribution is 7.79. The number of benzene rings is 1. The number of fused-ring (bicyclic) bond motifs is 1. The highest BCUT2D eigenvalue weighted by atomic mass is 35.5. The highest BCUT2D eigenvalue weighted by Gasteiger charge is 1.98. The van der Waals surface area contributed by atoms with Crippen molar-refractivity contribution in [1.82, 2.24) is 4.98 Å². The number of halogens is 1. The van der Waals surface area contributed by atoms with Crippen molar-refractivity contribution in [2.75, 3.05) is 0 Å². The molecule has 3 heteroatoms. The minimum Gasteiger partial charge on any atom is -0.358 e. The minimum absolute atomic E-state index is 0.728. The maximum atomic E-state index is 5.83. The van der Waals surface area contributed by atoms with Gasteiger partial charge >= 0.3 is 0 Å². The van der Waals surface area contributed by atoms with E-state index in [1.165, 1.54) is 5.39 Å². The molecule has 2 rings (SSSR count). The molecule has 0 saturated heterocycles. The van der Waals surface area contributed by atoms with Crippen molar-refractivity contribution in [3.05, 3.63) is 35.0 Å². The zero-order valence-electron chi connectivity index (χ0n) is 6.34. The minimum atomic E-state index is 0.728. The Morgan fingerprint density at radius 1 is 1.33 bits per heavy atom. The summed E-state index contributed by atoms with van der Waals surface area (Å²) in [4.78, 5) is 3.23. The first-order valence-electron chi connectivity index (χ1n) is 3.67. The van der Waals surface area contributed by atoms with Gasteiger partial charge in [-0.1, -0.05) is 17.7 Å². The first kappa shape index (κ1) is 8.02. The summed E-state index contributed by atoms with van der Waals surface area (Å²) in [5, 5.41) is 1.94. The Balaban J connectivity index is 2.67. The van der Waals surface area contributed by atoms with Crippen molar-refractivity contribution in [3.8, 4) is 0 Å². The van der Waals surface area contributed by atoms with Gasteiger partial charge in [-0.2, -0.15) is 12.6 Å². The molecule has 2 aromatic rings. The summed E-state index contributed by atoms with van der Waals surface area (Å²) in [6.07, 6.45) is 0. The van der Waals surface area contributed by atoms with Crippen LogP contribution in [-0.2, 0) is 5.75 Å². The standard InChI is InChI=1S/C9H8ClNS/c10-7-2-1-6-3-8(5-12)11-9(6)4-7/h1-4,11-12H,5H2.